The molecule has 0 bridgehead atoms. The first kappa shape index (κ1) is 9.36. The van der Waals surface area contributed by atoms with Crippen LogP contribution in [0.4, 0.5) is 0 Å². The van der Waals surface area contributed by atoms with E-state index < -0.39 is 0 Å². The predicted molar refractivity (Wildman–Crippen MR) is 49.1 cm³/mol. The fourth-order valence-corrected chi connectivity index (χ4v) is 1.95. The minimum Gasteiger partial charge on any atom is -0.409 e. The third kappa shape index (κ3) is 2.13. The maximum atomic E-state index is 8.47. The maximum absolute atomic E-state index is 8.47. The summed E-state index contributed by atoms with van der Waals surface area (Å²) >= 11 is 0. The van der Waals surface area contributed by atoms with E-state index in [1.165, 1.54) is 19.3 Å². The van der Waals surface area contributed by atoms with Crippen molar-refractivity contribution in [1.82, 2.24) is 0 Å². The van der Waals surface area contributed by atoms with Crippen LogP contribution in [0.15, 0.2) is 5.16 Å². The molecule has 0 aromatic heterocycles. The smallest absolute Gasteiger partial charge is 0.142 e. The van der Waals surface area contributed by atoms with E-state index in [9.17, 15) is 0 Å². The predicted octanol–water partition coefficient (Wildman–Crippen LogP) is 1.95. The summed E-state index contributed by atoms with van der Waals surface area (Å²) in [6, 6.07) is 0. The molecule has 1 fully saturated rings. The zero-order valence-electron chi connectivity index (χ0n) is 7.66. The second-order valence-corrected chi connectivity index (χ2v) is 3.65. The molecule has 0 saturated heterocycles. The van der Waals surface area contributed by atoms with E-state index in [1.807, 2.05) is 0 Å². The fraction of sp³-hybridized carbons (Fsp3) is 0.889. The van der Waals surface area contributed by atoms with Gasteiger partial charge in [-0.05, 0) is 31.6 Å². The van der Waals surface area contributed by atoms with E-state index >= 15 is 0 Å². The molecule has 1 rings (SSSR count). The summed E-state index contributed by atoms with van der Waals surface area (Å²) in [5, 5.41) is 11.5. The van der Waals surface area contributed by atoms with Gasteiger partial charge in [0, 0.05) is 5.92 Å². The number of hydrogen-bond donors (Lipinski definition) is 2. The van der Waals surface area contributed by atoms with Crippen LogP contribution < -0.4 is 5.73 Å². The van der Waals surface area contributed by atoms with E-state index in [-0.39, 0.29) is 0 Å². The highest BCUT2D eigenvalue weighted by Crippen LogP contribution is 2.30. The molecule has 0 unspecified atom stereocenters. The van der Waals surface area contributed by atoms with Gasteiger partial charge in [0.1, 0.15) is 5.84 Å². The van der Waals surface area contributed by atoms with Crippen LogP contribution in [-0.2, 0) is 0 Å². The Morgan fingerprint density at radius 2 is 2.00 bits per heavy atom. The summed E-state index contributed by atoms with van der Waals surface area (Å²) in [6.45, 7) is 2.23. The van der Waals surface area contributed by atoms with Crippen LogP contribution in [0.1, 0.15) is 39.0 Å². The van der Waals surface area contributed by atoms with Crippen molar-refractivity contribution < 1.29 is 5.21 Å². The van der Waals surface area contributed by atoms with Crippen molar-refractivity contribution in [2.75, 3.05) is 0 Å². The summed E-state index contributed by atoms with van der Waals surface area (Å²) in [5.74, 6) is 1.62. The van der Waals surface area contributed by atoms with Crippen molar-refractivity contribution in [2.24, 2.45) is 22.7 Å². The highest BCUT2D eigenvalue weighted by Gasteiger charge is 2.22. The average molecular weight is 170 g/mol. The summed E-state index contributed by atoms with van der Waals surface area (Å²) < 4.78 is 0. The van der Waals surface area contributed by atoms with Crippen molar-refractivity contribution in [3.8, 4) is 0 Å². The molecule has 3 nitrogen and oxygen atoms in total. The lowest BCUT2D eigenvalue weighted by atomic mass is 9.80. The number of nitrogens with two attached hydrogens (primary N) is 1. The maximum Gasteiger partial charge on any atom is 0.142 e. The van der Waals surface area contributed by atoms with Crippen LogP contribution in [0.5, 0.6) is 0 Å². The van der Waals surface area contributed by atoms with Gasteiger partial charge in [-0.1, -0.05) is 18.5 Å². The van der Waals surface area contributed by atoms with Crippen molar-refractivity contribution in [3.63, 3.8) is 0 Å². The van der Waals surface area contributed by atoms with Gasteiger partial charge in [0.15, 0.2) is 0 Å². The number of rotatable bonds is 2. The molecule has 12 heavy (non-hydrogen) atoms. The molecular formula is C9H18N2O. The molecule has 1 saturated carbocycles. The Labute approximate surface area is 73.6 Å². The molecule has 1 aliphatic rings. The number of nitrogens with zero attached hydrogens (tertiary/aromatic N) is 1. The van der Waals surface area contributed by atoms with Crippen LogP contribution in [-0.4, -0.2) is 11.0 Å². The molecular weight excluding hydrogens is 152 g/mol. The minimum atomic E-state index is 0.331. The Morgan fingerprint density at radius 1 is 1.42 bits per heavy atom. The zero-order valence-corrected chi connectivity index (χ0v) is 7.66. The second kappa shape index (κ2) is 4.33. The normalized spacial score (nSPS) is 31.9. The molecule has 0 aromatic carbocycles. The molecule has 0 heterocycles. The standard InChI is InChI=1S/C9H18N2O/c1-2-7-3-5-8(6-4-7)9(10)11-12/h7-8,12H,2-6H2,1H3,(H2,10,11). The van der Waals surface area contributed by atoms with E-state index in [2.05, 4.69) is 12.1 Å². The lowest BCUT2D eigenvalue weighted by Crippen LogP contribution is -2.27. The molecule has 3 N–H and O–H groups in total. The van der Waals surface area contributed by atoms with Gasteiger partial charge in [0.2, 0.25) is 0 Å². The Bertz CT molecular complexity index is 160. The van der Waals surface area contributed by atoms with Crippen LogP contribution in [0, 0.1) is 11.8 Å². The molecule has 1 aliphatic carbocycles. The fourth-order valence-electron chi connectivity index (χ4n) is 1.95. The van der Waals surface area contributed by atoms with Crippen molar-refractivity contribution in [2.45, 2.75) is 39.0 Å². The van der Waals surface area contributed by atoms with Gasteiger partial charge in [0.25, 0.3) is 0 Å². The van der Waals surface area contributed by atoms with Crippen LogP contribution in [0.25, 0.3) is 0 Å². The highest BCUT2D eigenvalue weighted by atomic mass is 16.4. The molecule has 3 heteroatoms. The lowest BCUT2D eigenvalue weighted by Gasteiger charge is -2.26. The van der Waals surface area contributed by atoms with Crippen molar-refractivity contribution in [1.29, 1.82) is 0 Å². The van der Waals surface area contributed by atoms with Crippen molar-refractivity contribution >= 4 is 5.84 Å². The van der Waals surface area contributed by atoms with Gasteiger partial charge in [-0.3, -0.25) is 0 Å². The van der Waals surface area contributed by atoms with Gasteiger partial charge in [-0.25, -0.2) is 0 Å². The molecule has 0 aliphatic heterocycles. The Balaban J connectivity index is 2.36. The van der Waals surface area contributed by atoms with Gasteiger partial charge < -0.3 is 10.9 Å². The average Bonchev–Trinajstić information content (AvgIpc) is 2.17. The van der Waals surface area contributed by atoms with Gasteiger partial charge >= 0.3 is 0 Å². The monoisotopic (exact) mass is 170 g/mol. The lowest BCUT2D eigenvalue weighted by molar-refractivity contribution is 0.289. The van der Waals surface area contributed by atoms with Crippen LogP contribution in [0.2, 0.25) is 0 Å². The van der Waals surface area contributed by atoms with E-state index in [0.717, 1.165) is 18.8 Å². The molecule has 0 radical (unpaired) electrons. The Hall–Kier alpha value is -0.730. The zero-order chi connectivity index (χ0) is 8.97. The van der Waals surface area contributed by atoms with Gasteiger partial charge in [-0.2, -0.15) is 0 Å². The molecule has 0 atom stereocenters. The molecule has 0 spiro atoms. The summed E-state index contributed by atoms with van der Waals surface area (Å²) in [6.07, 6.45) is 5.92. The van der Waals surface area contributed by atoms with Crippen molar-refractivity contribution in [3.05, 3.63) is 0 Å². The summed E-state index contributed by atoms with van der Waals surface area (Å²) in [7, 11) is 0. The largest absolute Gasteiger partial charge is 0.409 e. The van der Waals surface area contributed by atoms with E-state index in [4.69, 9.17) is 10.9 Å². The number of oxime groups is 1. The first-order valence-corrected chi connectivity index (χ1v) is 4.75. The molecule has 0 aromatic rings. The topological polar surface area (TPSA) is 58.6 Å². The first-order valence-electron chi connectivity index (χ1n) is 4.75. The third-order valence-corrected chi connectivity index (χ3v) is 2.96. The first-order chi connectivity index (χ1) is 5.77. The minimum absolute atomic E-state index is 0.331. The Kier molecular flexibility index (Phi) is 3.38. The van der Waals surface area contributed by atoms with Crippen LogP contribution >= 0.6 is 0 Å². The number of amidine groups is 1. The quantitative estimate of drug-likeness (QED) is 0.288. The SMILES string of the molecule is CCC1CCC(/C(N)=N/O)CC1. The second-order valence-electron chi connectivity index (χ2n) is 3.65. The molecule has 70 valence electrons. The summed E-state index contributed by atoms with van der Waals surface area (Å²) in [4.78, 5) is 0. The molecule has 0 amide bonds. The highest BCUT2D eigenvalue weighted by molar-refractivity contribution is 5.82. The third-order valence-electron chi connectivity index (χ3n) is 2.96. The summed E-state index contributed by atoms with van der Waals surface area (Å²) in [5.41, 5.74) is 5.53. The Morgan fingerprint density at radius 3 is 2.42 bits per heavy atom. The van der Waals surface area contributed by atoms with E-state index in [0.29, 0.717) is 11.8 Å². The van der Waals surface area contributed by atoms with Gasteiger partial charge in [-0.15, -0.1) is 0 Å². The van der Waals surface area contributed by atoms with Gasteiger partial charge in [0.05, 0.1) is 0 Å². The number of hydrogen-bond acceptors (Lipinski definition) is 2. The van der Waals surface area contributed by atoms with Crippen LogP contribution in [0.3, 0.4) is 0 Å². The van der Waals surface area contributed by atoms with E-state index in [1.54, 1.807) is 0 Å².